The van der Waals surface area contributed by atoms with Gasteiger partial charge in [0.1, 0.15) is 0 Å². The zero-order valence-electron chi connectivity index (χ0n) is 12.5. The van der Waals surface area contributed by atoms with Crippen LogP contribution in [0.5, 0.6) is 0 Å². The van der Waals surface area contributed by atoms with Gasteiger partial charge in [0, 0.05) is 0 Å². The van der Waals surface area contributed by atoms with E-state index in [2.05, 4.69) is 62.3 Å². The van der Waals surface area contributed by atoms with Crippen LogP contribution in [0.25, 0.3) is 0 Å². The molecule has 0 N–H and O–H groups in total. The molecule has 0 spiro atoms. The van der Waals surface area contributed by atoms with Gasteiger partial charge in [0.05, 0.1) is 0 Å². The van der Waals surface area contributed by atoms with Gasteiger partial charge in [0.25, 0.3) is 0 Å². The van der Waals surface area contributed by atoms with Gasteiger partial charge in [-0.15, -0.1) is 0 Å². The molecule has 0 unspecified atom stereocenters. The molecule has 0 aliphatic heterocycles. The van der Waals surface area contributed by atoms with Gasteiger partial charge in [0.15, 0.2) is 0 Å². The molecule has 0 aromatic rings. The van der Waals surface area contributed by atoms with E-state index in [4.69, 9.17) is 0 Å². The summed E-state index contributed by atoms with van der Waals surface area (Å²) in [6.45, 7) is 24.0. The number of rotatable bonds is 3. The molecular formula is C15H33Ti. The van der Waals surface area contributed by atoms with Crippen LogP contribution in [-0.2, 0) is 21.7 Å². The van der Waals surface area contributed by atoms with E-state index in [0.29, 0.717) is 0 Å². The second-order valence-electron chi connectivity index (χ2n) is 5.05. The van der Waals surface area contributed by atoms with Crippen LogP contribution in [0.2, 0.25) is 0 Å². The summed E-state index contributed by atoms with van der Waals surface area (Å²) < 4.78 is 0. The normalized spacial score (nSPS) is 9.00. The number of hydrogen-bond acceptors (Lipinski definition) is 0. The fourth-order valence-corrected chi connectivity index (χ4v) is 0. The van der Waals surface area contributed by atoms with E-state index in [0.717, 1.165) is 37.0 Å². The van der Waals surface area contributed by atoms with Crippen LogP contribution < -0.4 is 0 Å². The fourth-order valence-electron chi connectivity index (χ4n) is 0. The Hall–Kier alpha value is 0.714. The van der Waals surface area contributed by atoms with Gasteiger partial charge >= 0.3 is 21.7 Å². The van der Waals surface area contributed by atoms with Crippen molar-refractivity contribution >= 4 is 0 Å². The Morgan fingerprint density at radius 2 is 0.625 bits per heavy atom. The maximum Gasteiger partial charge on any atom is 3.00 e. The molecule has 0 heterocycles. The summed E-state index contributed by atoms with van der Waals surface area (Å²) >= 11 is 0. The van der Waals surface area contributed by atoms with Gasteiger partial charge in [-0.3, -0.25) is 0 Å². The molecule has 0 aliphatic carbocycles. The van der Waals surface area contributed by atoms with E-state index in [-0.39, 0.29) is 21.7 Å². The quantitative estimate of drug-likeness (QED) is 0.458. The molecule has 0 saturated carbocycles. The van der Waals surface area contributed by atoms with E-state index in [1.165, 1.54) is 0 Å². The molecule has 0 fully saturated rings. The molecule has 0 rings (SSSR count). The molecule has 97 valence electrons. The zero-order chi connectivity index (χ0) is 12.9. The molecule has 1 radical (unpaired) electrons. The van der Waals surface area contributed by atoms with Crippen LogP contribution >= 0.6 is 0 Å². The van der Waals surface area contributed by atoms with Gasteiger partial charge in [-0.2, -0.15) is 19.3 Å². The average Bonchev–Trinajstić information content (AvgIpc) is 2.19. The van der Waals surface area contributed by atoms with Crippen molar-refractivity contribution in [2.75, 3.05) is 0 Å². The van der Waals surface area contributed by atoms with E-state index in [1.54, 1.807) is 0 Å². The van der Waals surface area contributed by atoms with Crippen molar-refractivity contribution in [2.45, 2.75) is 60.8 Å². The van der Waals surface area contributed by atoms with Crippen LogP contribution in [0.3, 0.4) is 0 Å². The first-order chi connectivity index (χ1) is 6.81. The minimum atomic E-state index is 0. The topological polar surface area (TPSA) is 0 Å². The summed E-state index contributed by atoms with van der Waals surface area (Å²) in [5, 5.41) is 0. The summed E-state index contributed by atoms with van der Waals surface area (Å²) in [5.74, 6) is 2.32. The van der Waals surface area contributed by atoms with Crippen molar-refractivity contribution in [1.82, 2.24) is 0 Å². The third-order valence-corrected chi connectivity index (χ3v) is 1.73. The van der Waals surface area contributed by atoms with Gasteiger partial charge in [-0.25, -0.2) is 0 Å². The first-order valence-corrected chi connectivity index (χ1v) is 6.19. The van der Waals surface area contributed by atoms with Crippen molar-refractivity contribution in [3.05, 3.63) is 20.8 Å². The summed E-state index contributed by atoms with van der Waals surface area (Å²) in [5.41, 5.74) is 0. The minimum Gasteiger partial charge on any atom is -0.343 e. The predicted octanol–water partition coefficient (Wildman–Crippen LogP) is 5.60. The van der Waals surface area contributed by atoms with Crippen molar-refractivity contribution in [1.29, 1.82) is 0 Å². The Kier molecular flexibility index (Phi) is 33.6. The molecular weight excluding hydrogens is 228 g/mol. The van der Waals surface area contributed by atoms with E-state index in [1.807, 2.05) is 0 Å². The molecule has 0 aliphatic rings. The third-order valence-electron chi connectivity index (χ3n) is 1.73. The maximum atomic E-state index is 3.69. The SMILES string of the molecule is [CH2-]CC(C)C.[CH2-]CC(C)C.[CH2-]CC(C)C.[Ti+3]. The van der Waals surface area contributed by atoms with Crippen molar-refractivity contribution < 1.29 is 21.7 Å². The number of hydrogen-bond donors (Lipinski definition) is 0. The minimum absolute atomic E-state index is 0. The van der Waals surface area contributed by atoms with Crippen LogP contribution in [0.15, 0.2) is 0 Å². The summed E-state index contributed by atoms with van der Waals surface area (Å²) in [6.07, 6.45) is 3.17. The Morgan fingerprint density at radius 3 is 0.625 bits per heavy atom. The van der Waals surface area contributed by atoms with E-state index >= 15 is 0 Å². The summed E-state index contributed by atoms with van der Waals surface area (Å²) in [4.78, 5) is 0. The largest absolute Gasteiger partial charge is 3.00 e. The fraction of sp³-hybridized carbons (Fsp3) is 0.800. The molecule has 16 heavy (non-hydrogen) atoms. The maximum absolute atomic E-state index is 3.69. The summed E-state index contributed by atoms with van der Waals surface area (Å²) in [6, 6.07) is 0. The smallest absolute Gasteiger partial charge is 0.343 e. The van der Waals surface area contributed by atoms with Gasteiger partial charge < -0.3 is 20.8 Å². The van der Waals surface area contributed by atoms with Crippen molar-refractivity contribution in [2.24, 2.45) is 17.8 Å². The molecule has 1 heteroatoms. The van der Waals surface area contributed by atoms with Gasteiger partial charge in [-0.1, -0.05) is 59.3 Å². The van der Waals surface area contributed by atoms with Gasteiger partial charge in [-0.05, 0) is 0 Å². The van der Waals surface area contributed by atoms with E-state index < -0.39 is 0 Å². The first-order valence-electron chi connectivity index (χ1n) is 6.19. The second-order valence-corrected chi connectivity index (χ2v) is 5.05. The Morgan fingerprint density at radius 1 is 0.562 bits per heavy atom. The zero-order valence-corrected chi connectivity index (χ0v) is 14.0. The Labute approximate surface area is 121 Å². The van der Waals surface area contributed by atoms with Crippen LogP contribution in [-0.4, -0.2) is 0 Å². The molecule has 0 aromatic carbocycles. The van der Waals surface area contributed by atoms with Crippen LogP contribution in [0, 0.1) is 38.5 Å². The molecule has 0 nitrogen and oxygen atoms in total. The second kappa shape index (κ2) is 21.0. The van der Waals surface area contributed by atoms with Crippen molar-refractivity contribution in [3.8, 4) is 0 Å². The first kappa shape index (κ1) is 25.5. The monoisotopic (exact) mass is 261 g/mol. The summed E-state index contributed by atoms with van der Waals surface area (Å²) in [7, 11) is 0. The van der Waals surface area contributed by atoms with Crippen LogP contribution in [0.1, 0.15) is 60.8 Å². The molecule has 0 atom stereocenters. The van der Waals surface area contributed by atoms with Crippen LogP contribution in [0.4, 0.5) is 0 Å². The van der Waals surface area contributed by atoms with Gasteiger partial charge in [0.2, 0.25) is 0 Å². The Bertz CT molecular complexity index is 66.4. The molecule has 0 saturated heterocycles. The molecule has 0 amide bonds. The standard InChI is InChI=1S/3C5H11.Ti/c3*1-4-5(2)3;/h3*5H,1,4H2,2-3H3;/q3*-1;+3. The third kappa shape index (κ3) is 61.4. The van der Waals surface area contributed by atoms with E-state index in [9.17, 15) is 0 Å². The predicted molar refractivity (Wildman–Crippen MR) is 74.4 cm³/mol. The Balaban J connectivity index is -0.0000000655. The average molecular weight is 261 g/mol. The molecule has 0 aromatic heterocycles. The molecule has 0 bridgehead atoms. The van der Waals surface area contributed by atoms with Crippen molar-refractivity contribution in [3.63, 3.8) is 0 Å².